The molecule has 184 valence electrons. The number of hydrogen-bond acceptors (Lipinski definition) is 7. The molecular formula is C24H26F2N6O3. The van der Waals surface area contributed by atoms with E-state index in [1.165, 1.54) is 0 Å². The molecule has 1 atom stereocenters. The normalized spacial score (nSPS) is 18.2. The SMILES string of the molecule is C=C(Oc1nc(-c2ccc(N3CCNCC3)c(OC)c2)cc2ncn(C(F)F)c12)[C@H]1CNC(=O)C1. The predicted molar refractivity (Wildman–Crippen MR) is 127 cm³/mol. The highest BCUT2D eigenvalue weighted by Gasteiger charge is 2.27. The second-order valence-corrected chi connectivity index (χ2v) is 8.51. The number of carbonyl (C=O) groups is 1. The number of piperazine rings is 1. The number of nitrogens with one attached hydrogen (secondary N) is 2. The van der Waals surface area contributed by atoms with Crippen LogP contribution in [0.25, 0.3) is 22.3 Å². The van der Waals surface area contributed by atoms with E-state index >= 15 is 0 Å². The van der Waals surface area contributed by atoms with Gasteiger partial charge in [0.2, 0.25) is 11.8 Å². The van der Waals surface area contributed by atoms with Crippen LogP contribution in [-0.4, -0.2) is 60.3 Å². The molecule has 3 aromatic rings. The van der Waals surface area contributed by atoms with Gasteiger partial charge in [0.15, 0.2) is 0 Å². The van der Waals surface area contributed by atoms with Crippen molar-refractivity contribution in [1.82, 2.24) is 25.2 Å². The molecule has 4 heterocycles. The number of anilines is 1. The number of aromatic nitrogens is 3. The van der Waals surface area contributed by atoms with Gasteiger partial charge in [-0.2, -0.15) is 8.78 Å². The second kappa shape index (κ2) is 9.49. The molecule has 11 heteroatoms. The fourth-order valence-corrected chi connectivity index (χ4v) is 4.44. The Balaban J connectivity index is 1.54. The Kier molecular flexibility index (Phi) is 6.25. The molecule has 9 nitrogen and oxygen atoms in total. The number of pyridine rings is 1. The maximum absolute atomic E-state index is 13.7. The van der Waals surface area contributed by atoms with E-state index < -0.39 is 6.55 Å². The number of fused-ring (bicyclic) bond motifs is 1. The molecule has 2 saturated heterocycles. The fraction of sp³-hybridized carbons (Fsp3) is 0.375. The molecule has 1 aromatic carbocycles. The number of benzene rings is 1. The van der Waals surface area contributed by atoms with Gasteiger partial charge in [-0.25, -0.2) is 9.97 Å². The standard InChI is InChI=1S/C24H26F2N6O3/c1-14(16-10-21(33)28-12-16)35-23-22-18(29-13-32(22)24(25)26)11-17(30-23)15-3-4-19(20(9-15)34-2)31-7-5-27-6-8-31/h3-4,9,11,13,16,24,27H,1,5-8,10,12H2,2H3,(H,28,33)/t16-/m1/s1. The third-order valence-corrected chi connectivity index (χ3v) is 6.32. The Morgan fingerprint density at radius 1 is 1.26 bits per heavy atom. The zero-order valence-corrected chi connectivity index (χ0v) is 19.3. The molecule has 0 bridgehead atoms. The number of amides is 1. The average Bonchev–Trinajstić information content (AvgIpc) is 3.51. The Morgan fingerprint density at radius 2 is 2.06 bits per heavy atom. The quantitative estimate of drug-likeness (QED) is 0.498. The van der Waals surface area contributed by atoms with Crippen molar-refractivity contribution < 1.29 is 23.0 Å². The van der Waals surface area contributed by atoms with E-state index in [2.05, 4.69) is 32.1 Å². The fourth-order valence-electron chi connectivity index (χ4n) is 4.44. The molecule has 1 amide bonds. The summed E-state index contributed by atoms with van der Waals surface area (Å²) in [6, 6.07) is 7.40. The molecule has 0 aliphatic carbocycles. The minimum atomic E-state index is -2.82. The molecule has 35 heavy (non-hydrogen) atoms. The van der Waals surface area contributed by atoms with E-state index in [0.29, 0.717) is 28.1 Å². The number of rotatable bonds is 7. The summed E-state index contributed by atoms with van der Waals surface area (Å²) in [4.78, 5) is 22.6. The molecule has 2 aliphatic heterocycles. The lowest BCUT2D eigenvalue weighted by molar-refractivity contribution is -0.119. The third kappa shape index (κ3) is 4.51. The number of carbonyl (C=O) groups excluding carboxylic acids is 1. The van der Waals surface area contributed by atoms with Crippen LogP contribution in [0.2, 0.25) is 0 Å². The van der Waals surface area contributed by atoms with Crippen molar-refractivity contribution in [2.45, 2.75) is 13.0 Å². The summed E-state index contributed by atoms with van der Waals surface area (Å²) < 4.78 is 39.6. The first kappa shape index (κ1) is 23.0. The molecule has 0 saturated carbocycles. The van der Waals surface area contributed by atoms with Gasteiger partial charge >= 0.3 is 6.55 Å². The highest BCUT2D eigenvalue weighted by Crippen LogP contribution is 2.37. The van der Waals surface area contributed by atoms with Crippen LogP contribution >= 0.6 is 0 Å². The second-order valence-electron chi connectivity index (χ2n) is 8.51. The van der Waals surface area contributed by atoms with Crippen LogP contribution in [0.3, 0.4) is 0 Å². The van der Waals surface area contributed by atoms with Crippen molar-refractivity contribution in [3.63, 3.8) is 0 Å². The number of ether oxygens (including phenoxy) is 2. The Bertz CT molecular complexity index is 1270. The first-order valence-electron chi connectivity index (χ1n) is 11.4. The van der Waals surface area contributed by atoms with Crippen molar-refractivity contribution >= 4 is 22.6 Å². The van der Waals surface area contributed by atoms with Gasteiger partial charge in [-0.15, -0.1) is 0 Å². The van der Waals surface area contributed by atoms with E-state index in [4.69, 9.17) is 9.47 Å². The topological polar surface area (TPSA) is 93.5 Å². The smallest absolute Gasteiger partial charge is 0.320 e. The number of hydrogen-bond donors (Lipinski definition) is 2. The van der Waals surface area contributed by atoms with Crippen LogP contribution in [0.1, 0.15) is 13.0 Å². The molecule has 2 aliphatic rings. The molecule has 5 rings (SSSR count). The number of nitrogens with zero attached hydrogens (tertiary/aromatic N) is 4. The van der Waals surface area contributed by atoms with E-state index in [1.807, 2.05) is 18.2 Å². The van der Waals surface area contributed by atoms with Gasteiger partial charge in [-0.05, 0) is 18.2 Å². The first-order valence-corrected chi connectivity index (χ1v) is 11.4. The van der Waals surface area contributed by atoms with Crippen LogP contribution in [0.5, 0.6) is 11.6 Å². The van der Waals surface area contributed by atoms with Crippen LogP contribution < -0.4 is 25.0 Å². The Labute approximate surface area is 200 Å². The van der Waals surface area contributed by atoms with Crippen molar-refractivity contribution in [3.05, 3.63) is 42.9 Å². The Hall–Kier alpha value is -3.73. The maximum Gasteiger partial charge on any atom is 0.320 e. The zero-order valence-electron chi connectivity index (χ0n) is 19.3. The molecule has 2 fully saturated rings. The highest BCUT2D eigenvalue weighted by molar-refractivity contribution is 5.85. The van der Waals surface area contributed by atoms with Crippen molar-refractivity contribution in [2.24, 2.45) is 5.92 Å². The van der Waals surface area contributed by atoms with Crippen LogP contribution in [0.4, 0.5) is 14.5 Å². The minimum Gasteiger partial charge on any atom is -0.495 e. The van der Waals surface area contributed by atoms with Gasteiger partial charge in [0, 0.05) is 50.6 Å². The summed E-state index contributed by atoms with van der Waals surface area (Å²) in [5, 5.41) is 6.05. The minimum absolute atomic E-state index is 0.0372. The van der Waals surface area contributed by atoms with Crippen LogP contribution in [0, 0.1) is 5.92 Å². The summed E-state index contributed by atoms with van der Waals surface area (Å²) in [6.45, 7) is 4.99. The number of methoxy groups -OCH3 is 1. The maximum atomic E-state index is 13.7. The monoisotopic (exact) mass is 484 g/mol. The summed E-state index contributed by atoms with van der Waals surface area (Å²) >= 11 is 0. The molecule has 2 N–H and O–H groups in total. The Morgan fingerprint density at radius 3 is 2.74 bits per heavy atom. The van der Waals surface area contributed by atoms with Gasteiger partial charge in [0.1, 0.15) is 23.4 Å². The number of imidazole rings is 1. The third-order valence-electron chi connectivity index (χ3n) is 6.32. The predicted octanol–water partition coefficient (Wildman–Crippen LogP) is 2.94. The average molecular weight is 485 g/mol. The van der Waals surface area contributed by atoms with E-state index in [1.54, 1.807) is 13.2 Å². The molecular weight excluding hydrogens is 458 g/mol. The van der Waals surface area contributed by atoms with E-state index in [9.17, 15) is 13.6 Å². The van der Waals surface area contributed by atoms with Gasteiger partial charge in [-0.3, -0.25) is 9.36 Å². The van der Waals surface area contributed by atoms with E-state index in [-0.39, 0.29) is 35.4 Å². The molecule has 0 unspecified atom stereocenters. The summed E-state index contributed by atoms with van der Waals surface area (Å²) in [7, 11) is 1.61. The van der Waals surface area contributed by atoms with Crippen molar-refractivity contribution in [1.29, 1.82) is 0 Å². The zero-order chi connectivity index (χ0) is 24.5. The number of halogens is 2. The van der Waals surface area contributed by atoms with Gasteiger partial charge < -0.3 is 25.0 Å². The lowest BCUT2D eigenvalue weighted by Crippen LogP contribution is -2.43. The summed E-state index contributed by atoms with van der Waals surface area (Å²) in [6.07, 6.45) is 1.28. The molecule has 2 aromatic heterocycles. The van der Waals surface area contributed by atoms with Crippen molar-refractivity contribution in [2.75, 3.05) is 44.7 Å². The van der Waals surface area contributed by atoms with Gasteiger partial charge in [-0.1, -0.05) is 12.6 Å². The van der Waals surface area contributed by atoms with Gasteiger partial charge in [0.25, 0.3) is 0 Å². The molecule has 0 spiro atoms. The van der Waals surface area contributed by atoms with Gasteiger partial charge in [0.05, 0.1) is 24.0 Å². The lowest BCUT2D eigenvalue weighted by atomic mass is 10.1. The lowest BCUT2D eigenvalue weighted by Gasteiger charge is -2.30. The summed E-state index contributed by atoms with van der Waals surface area (Å²) in [5.74, 6) is 0.546. The highest BCUT2D eigenvalue weighted by atomic mass is 19.3. The van der Waals surface area contributed by atoms with Crippen LogP contribution in [0.15, 0.2) is 42.9 Å². The van der Waals surface area contributed by atoms with Crippen molar-refractivity contribution in [3.8, 4) is 22.9 Å². The first-order chi connectivity index (χ1) is 16.9. The van der Waals surface area contributed by atoms with E-state index in [0.717, 1.165) is 43.8 Å². The summed E-state index contributed by atoms with van der Waals surface area (Å²) in [5.41, 5.74) is 2.56. The largest absolute Gasteiger partial charge is 0.495 e. The number of alkyl halides is 2. The molecule has 0 radical (unpaired) electrons. The van der Waals surface area contributed by atoms with Crippen LogP contribution in [-0.2, 0) is 4.79 Å².